The Balaban J connectivity index is 1.77. The Bertz CT molecular complexity index is 376. The van der Waals surface area contributed by atoms with Crippen LogP contribution in [0.2, 0.25) is 0 Å². The van der Waals surface area contributed by atoms with E-state index in [1.165, 1.54) is 6.33 Å². The van der Waals surface area contributed by atoms with Crippen LogP contribution in [0.3, 0.4) is 0 Å². The summed E-state index contributed by atoms with van der Waals surface area (Å²) < 4.78 is 5.58. The fourth-order valence-electron chi connectivity index (χ4n) is 1.66. The molecule has 0 bridgehead atoms. The first-order valence-corrected chi connectivity index (χ1v) is 6.33. The minimum absolute atomic E-state index is 0.0808. The fraction of sp³-hybridized carbons (Fsp3) is 0.500. The zero-order chi connectivity index (χ0) is 12.1. The standard InChI is InChI=1S/C10H14N4O2S/c11-14-10(15)8-2-1-7(16-8)5-17-9-3-4-12-6-13-9/h3-4,6-8H,1-2,5,11H2,(H,14,15). The van der Waals surface area contributed by atoms with E-state index in [0.29, 0.717) is 0 Å². The summed E-state index contributed by atoms with van der Waals surface area (Å²) in [7, 11) is 0. The molecule has 1 aliphatic heterocycles. The van der Waals surface area contributed by atoms with Crippen LogP contribution in [0.25, 0.3) is 0 Å². The van der Waals surface area contributed by atoms with Crippen molar-refractivity contribution in [3.05, 3.63) is 18.6 Å². The third-order valence-electron chi connectivity index (χ3n) is 2.51. The zero-order valence-corrected chi connectivity index (χ0v) is 10.0. The van der Waals surface area contributed by atoms with Gasteiger partial charge in [0.05, 0.1) is 11.1 Å². The molecule has 2 atom stereocenters. The fourth-order valence-corrected chi connectivity index (χ4v) is 2.54. The van der Waals surface area contributed by atoms with Crippen molar-refractivity contribution in [3.8, 4) is 0 Å². The van der Waals surface area contributed by atoms with Crippen molar-refractivity contribution in [2.75, 3.05) is 5.75 Å². The molecule has 2 rings (SSSR count). The average Bonchev–Trinajstić information content (AvgIpc) is 2.85. The second-order valence-electron chi connectivity index (χ2n) is 3.69. The molecule has 1 aromatic rings. The van der Waals surface area contributed by atoms with Crippen LogP contribution < -0.4 is 11.3 Å². The third kappa shape index (κ3) is 3.39. The van der Waals surface area contributed by atoms with E-state index in [2.05, 4.69) is 15.4 Å². The van der Waals surface area contributed by atoms with Crippen LogP contribution >= 0.6 is 11.8 Å². The molecule has 0 spiro atoms. The van der Waals surface area contributed by atoms with E-state index in [4.69, 9.17) is 10.6 Å². The Morgan fingerprint density at radius 3 is 3.24 bits per heavy atom. The van der Waals surface area contributed by atoms with Crippen LogP contribution in [0.5, 0.6) is 0 Å². The van der Waals surface area contributed by atoms with Gasteiger partial charge in [-0.25, -0.2) is 15.8 Å². The topological polar surface area (TPSA) is 90.1 Å². The van der Waals surface area contributed by atoms with Crippen LogP contribution in [0, 0.1) is 0 Å². The van der Waals surface area contributed by atoms with Gasteiger partial charge < -0.3 is 4.74 Å². The Kier molecular flexibility index (Phi) is 4.29. The van der Waals surface area contributed by atoms with Gasteiger partial charge >= 0.3 is 0 Å². The van der Waals surface area contributed by atoms with Crippen molar-refractivity contribution >= 4 is 17.7 Å². The molecule has 0 saturated carbocycles. The predicted octanol–water partition coefficient (Wildman–Crippen LogP) is 0.106. The number of nitrogens with two attached hydrogens (primary N) is 1. The number of amides is 1. The maximum Gasteiger partial charge on any atom is 0.263 e. The number of nitrogens with zero attached hydrogens (tertiary/aromatic N) is 2. The quantitative estimate of drug-likeness (QED) is 0.260. The van der Waals surface area contributed by atoms with Crippen molar-refractivity contribution in [1.82, 2.24) is 15.4 Å². The average molecular weight is 254 g/mol. The lowest BCUT2D eigenvalue weighted by atomic mass is 10.2. The van der Waals surface area contributed by atoms with E-state index < -0.39 is 6.10 Å². The number of nitrogens with one attached hydrogen (secondary N) is 1. The molecule has 1 amide bonds. The summed E-state index contributed by atoms with van der Waals surface area (Å²) in [5.74, 6) is 5.59. The van der Waals surface area contributed by atoms with Crippen molar-refractivity contribution in [2.24, 2.45) is 5.84 Å². The second kappa shape index (κ2) is 5.95. The number of hydrogen-bond acceptors (Lipinski definition) is 6. The summed E-state index contributed by atoms with van der Waals surface area (Å²) in [6.45, 7) is 0. The highest BCUT2D eigenvalue weighted by atomic mass is 32.2. The molecule has 1 aliphatic rings. The molecule has 7 heteroatoms. The van der Waals surface area contributed by atoms with E-state index in [0.717, 1.165) is 23.6 Å². The van der Waals surface area contributed by atoms with Crippen LogP contribution in [0.4, 0.5) is 0 Å². The highest BCUT2D eigenvalue weighted by Gasteiger charge is 2.30. The third-order valence-corrected chi connectivity index (χ3v) is 3.59. The predicted molar refractivity (Wildman–Crippen MR) is 63.0 cm³/mol. The minimum Gasteiger partial charge on any atom is -0.364 e. The van der Waals surface area contributed by atoms with Gasteiger partial charge in [-0.1, -0.05) is 0 Å². The number of carbonyl (C=O) groups is 1. The monoisotopic (exact) mass is 254 g/mol. The van der Waals surface area contributed by atoms with Crippen LogP contribution in [-0.4, -0.2) is 33.8 Å². The van der Waals surface area contributed by atoms with Gasteiger partial charge in [-0.05, 0) is 18.9 Å². The van der Waals surface area contributed by atoms with E-state index in [1.54, 1.807) is 18.0 Å². The Morgan fingerprint density at radius 1 is 1.65 bits per heavy atom. The van der Waals surface area contributed by atoms with Crippen LogP contribution in [0.15, 0.2) is 23.6 Å². The summed E-state index contributed by atoms with van der Waals surface area (Å²) in [6.07, 6.45) is 4.49. The maximum atomic E-state index is 11.2. The maximum absolute atomic E-state index is 11.2. The molecule has 6 nitrogen and oxygen atoms in total. The summed E-state index contributed by atoms with van der Waals surface area (Å²) in [4.78, 5) is 19.2. The molecule has 3 N–H and O–H groups in total. The van der Waals surface area contributed by atoms with Gasteiger partial charge in [0.15, 0.2) is 0 Å². The molecular formula is C10H14N4O2S. The zero-order valence-electron chi connectivity index (χ0n) is 9.20. The van der Waals surface area contributed by atoms with Crippen molar-refractivity contribution < 1.29 is 9.53 Å². The van der Waals surface area contributed by atoms with Gasteiger partial charge in [-0.3, -0.25) is 10.2 Å². The molecule has 2 unspecified atom stereocenters. The van der Waals surface area contributed by atoms with E-state index in [-0.39, 0.29) is 12.0 Å². The molecular weight excluding hydrogens is 240 g/mol. The van der Waals surface area contributed by atoms with Gasteiger partial charge in [0.1, 0.15) is 12.4 Å². The van der Waals surface area contributed by atoms with Gasteiger partial charge in [0.25, 0.3) is 5.91 Å². The first kappa shape index (κ1) is 12.3. The highest BCUT2D eigenvalue weighted by Crippen LogP contribution is 2.25. The lowest BCUT2D eigenvalue weighted by Crippen LogP contribution is -2.39. The Labute approximate surface area is 103 Å². The second-order valence-corrected chi connectivity index (χ2v) is 4.73. The largest absolute Gasteiger partial charge is 0.364 e. The lowest BCUT2D eigenvalue weighted by molar-refractivity contribution is -0.131. The SMILES string of the molecule is NNC(=O)C1CCC(CSc2ccncn2)O1. The highest BCUT2D eigenvalue weighted by molar-refractivity contribution is 7.99. The van der Waals surface area contributed by atoms with E-state index in [9.17, 15) is 4.79 Å². The summed E-state index contributed by atoms with van der Waals surface area (Å²) in [5, 5.41) is 0.912. The number of ether oxygens (including phenoxy) is 1. The lowest BCUT2D eigenvalue weighted by Gasteiger charge is -2.11. The molecule has 0 radical (unpaired) electrons. The number of hydrogen-bond donors (Lipinski definition) is 2. The molecule has 0 aromatic carbocycles. The van der Waals surface area contributed by atoms with Crippen molar-refractivity contribution in [3.63, 3.8) is 0 Å². The van der Waals surface area contributed by atoms with Gasteiger partial charge in [0.2, 0.25) is 0 Å². The molecule has 1 fully saturated rings. The normalized spacial score (nSPS) is 23.6. The first-order chi connectivity index (χ1) is 8.29. The van der Waals surface area contributed by atoms with Crippen molar-refractivity contribution in [1.29, 1.82) is 0 Å². The molecule has 1 aromatic heterocycles. The molecule has 92 valence electrons. The van der Waals surface area contributed by atoms with E-state index in [1.807, 2.05) is 6.07 Å². The van der Waals surface area contributed by atoms with Crippen LogP contribution in [-0.2, 0) is 9.53 Å². The van der Waals surface area contributed by atoms with Crippen LogP contribution in [0.1, 0.15) is 12.8 Å². The van der Waals surface area contributed by atoms with Gasteiger partial charge in [-0.15, -0.1) is 11.8 Å². The smallest absolute Gasteiger partial charge is 0.263 e. The molecule has 17 heavy (non-hydrogen) atoms. The minimum atomic E-state index is -0.406. The summed E-state index contributed by atoms with van der Waals surface area (Å²) in [6, 6.07) is 1.85. The number of hydrazine groups is 1. The van der Waals surface area contributed by atoms with Crippen molar-refractivity contribution in [2.45, 2.75) is 30.1 Å². The summed E-state index contributed by atoms with van der Waals surface area (Å²) in [5.41, 5.74) is 2.11. The number of rotatable bonds is 4. The molecule has 2 heterocycles. The number of aromatic nitrogens is 2. The summed E-state index contributed by atoms with van der Waals surface area (Å²) >= 11 is 1.60. The van der Waals surface area contributed by atoms with E-state index >= 15 is 0 Å². The number of thioether (sulfide) groups is 1. The molecule has 1 saturated heterocycles. The van der Waals surface area contributed by atoms with Gasteiger partial charge in [0, 0.05) is 11.9 Å². The first-order valence-electron chi connectivity index (χ1n) is 5.34. The Morgan fingerprint density at radius 2 is 2.53 bits per heavy atom. The van der Waals surface area contributed by atoms with Gasteiger partial charge in [-0.2, -0.15) is 0 Å². The Hall–Kier alpha value is -1.18. The molecule has 0 aliphatic carbocycles. The number of carbonyl (C=O) groups excluding carboxylic acids is 1.